The van der Waals surface area contributed by atoms with Gasteiger partial charge in [0.1, 0.15) is 5.58 Å². The molecule has 0 saturated carbocycles. The van der Waals surface area contributed by atoms with Crippen molar-refractivity contribution < 1.29 is 18.7 Å². The van der Waals surface area contributed by atoms with Crippen LogP contribution >= 0.6 is 23.2 Å². The highest BCUT2D eigenvalue weighted by Gasteiger charge is 2.19. The highest BCUT2D eigenvalue weighted by molar-refractivity contribution is 6.35. The Bertz CT molecular complexity index is 945. The lowest BCUT2D eigenvalue weighted by Gasteiger charge is -2.07. The minimum atomic E-state index is -0.701. The van der Waals surface area contributed by atoms with Crippen LogP contribution in [0.3, 0.4) is 0 Å². The number of aryl methyl sites for hydroxylation is 1. The van der Waals surface area contributed by atoms with Crippen LogP contribution in [-0.4, -0.2) is 18.5 Å². The number of furan rings is 1. The number of amides is 1. The highest BCUT2D eigenvalue weighted by Crippen LogP contribution is 2.25. The Labute approximate surface area is 153 Å². The lowest BCUT2D eigenvalue weighted by molar-refractivity contribution is -0.119. The monoisotopic (exact) mass is 377 g/mol. The molecule has 1 aromatic heterocycles. The molecule has 0 radical (unpaired) electrons. The smallest absolute Gasteiger partial charge is 0.375 e. The van der Waals surface area contributed by atoms with Gasteiger partial charge in [-0.05, 0) is 31.2 Å². The maximum absolute atomic E-state index is 12.2. The van der Waals surface area contributed by atoms with Crippen LogP contribution in [0.1, 0.15) is 16.1 Å². The van der Waals surface area contributed by atoms with E-state index < -0.39 is 18.5 Å². The highest BCUT2D eigenvalue weighted by atomic mass is 35.5. The summed E-state index contributed by atoms with van der Waals surface area (Å²) in [7, 11) is 0. The molecule has 1 heterocycles. The lowest BCUT2D eigenvalue weighted by atomic mass is 10.1. The first-order valence-electron chi connectivity index (χ1n) is 7.35. The maximum atomic E-state index is 12.2. The van der Waals surface area contributed by atoms with E-state index in [4.69, 9.17) is 32.4 Å². The number of para-hydroxylation sites is 1. The molecule has 3 rings (SSSR count). The van der Waals surface area contributed by atoms with E-state index >= 15 is 0 Å². The third-order valence-electron chi connectivity index (χ3n) is 3.51. The van der Waals surface area contributed by atoms with E-state index in [0.717, 1.165) is 5.39 Å². The van der Waals surface area contributed by atoms with Crippen LogP contribution in [0.5, 0.6) is 0 Å². The number of hydrogen-bond donors (Lipinski definition) is 1. The fraction of sp³-hybridized carbons (Fsp3) is 0.111. The average molecular weight is 378 g/mol. The molecule has 0 unspecified atom stereocenters. The molecule has 0 atom stereocenters. The Morgan fingerprint density at radius 3 is 2.48 bits per heavy atom. The molecule has 128 valence electrons. The molecule has 25 heavy (non-hydrogen) atoms. The molecular weight excluding hydrogens is 365 g/mol. The molecule has 0 aliphatic carbocycles. The molecule has 0 aliphatic rings. The normalized spacial score (nSPS) is 10.7. The minimum Gasteiger partial charge on any atom is -0.450 e. The van der Waals surface area contributed by atoms with E-state index in [2.05, 4.69) is 5.32 Å². The number of anilines is 1. The molecule has 0 aliphatic heterocycles. The Balaban J connectivity index is 1.65. The van der Waals surface area contributed by atoms with Gasteiger partial charge in [0.2, 0.25) is 5.76 Å². The van der Waals surface area contributed by atoms with Gasteiger partial charge in [0.15, 0.2) is 6.61 Å². The van der Waals surface area contributed by atoms with Gasteiger partial charge < -0.3 is 14.5 Å². The second-order valence-corrected chi connectivity index (χ2v) is 6.21. The molecule has 0 fully saturated rings. The second-order valence-electron chi connectivity index (χ2n) is 5.33. The van der Waals surface area contributed by atoms with Crippen molar-refractivity contribution in [1.29, 1.82) is 0 Å². The number of esters is 1. The summed E-state index contributed by atoms with van der Waals surface area (Å²) in [5, 5.41) is 4.16. The zero-order valence-corrected chi connectivity index (χ0v) is 14.6. The van der Waals surface area contributed by atoms with Gasteiger partial charge in [-0.3, -0.25) is 4.79 Å². The van der Waals surface area contributed by atoms with Gasteiger partial charge in [-0.1, -0.05) is 41.4 Å². The fourth-order valence-electron chi connectivity index (χ4n) is 2.39. The van der Waals surface area contributed by atoms with E-state index in [0.29, 0.717) is 26.9 Å². The van der Waals surface area contributed by atoms with Gasteiger partial charge in [0.05, 0.1) is 0 Å². The summed E-state index contributed by atoms with van der Waals surface area (Å²) >= 11 is 11.7. The van der Waals surface area contributed by atoms with Crippen LogP contribution in [0.4, 0.5) is 5.69 Å². The van der Waals surface area contributed by atoms with Gasteiger partial charge in [-0.15, -0.1) is 0 Å². The van der Waals surface area contributed by atoms with E-state index in [1.165, 1.54) is 12.1 Å². The number of nitrogens with one attached hydrogen (secondary N) is 1. The fourth-order valence-corrected chi connectivity index (χ4v) is 2.91. The predicted molar refractivity (Wildman–Crippen MR) is 96.3 cm³/mol. The second kappa shape index (κ2) is 7.17. The molecule has 7 heteroatoms. The summed E-state index contributed by atoms with van der Waals surface area (Å²) in [5.41, 5.74) is 1.67. The van der Waals surface area contributed by atoms with Crippen molar-refractivity contribution in [1.82, 2.24) is 0 Å². The summed E-state index contributed by atoms with van der Waals surface area (Å²) in [6, 6.07) is 11.9. The summed E-state index contributed by atoms with van der Waals surface area (Å²) in [5.74, 6) is -1.13. The van der Waals surface area contributed by atoms with Crippen molar-refractivity contribution in [2.24, 2.45) is 0 Å². The first-order chi connectivity index (χ1) is 11.9. The molecule has 0 spiro atoms. The van der Waals surface area contributed by atoms with Gasteiger partial charge in [-0.2, -0.15) is 0 Å². The zero-order chi connectivity index (χ0) is 18.0. The van der Waals surface area contributed by atoms with Crippen LogP contribution in [0, 0.1) is 6.92 Å². The summed E-state index contributed by atoms with van der Waals surface area (Å²) < 4.78 is 10.5. The number of fused-ring (bicyclic) bond motifs is 1. The lowest BCUT2D eigenvalue weighted by Crippen LogP contribution is -2.21. The van der Waals surface area contributed by atoms with Crippen LogP contribution < -0.4 is 5.32 Å². The number of carbonyl (C=O) groups excluding carboxylic acids is 2. The average Bonchev–Trinajstić information content (AvgIpc) is 2.89. The Morgan fingerprint density at radius 2 is 1.80 bits per heavy atom. The molecule has 0 saturated heterocycles. The summed E-state index contributed by atoms with van der Waals surface area (Å²) in [6.07, 6.45) is 0. The predicted octanol–water partition coefficient (Wildman–Crippen LogP) is 4.84. The molecule has 0 bridgehead atoms. The van der Waals surface area contributed by atoms with Crippen LogP contribution in [-0.2, 0) is 9.53 Å². The van der Waals surface area contributed by atoms with Gasteiger partial charge in [-0.25, -0.2) is 4.79 Å². The number of ether oxygens (including phenoxy) is 1. The zero-order valence-electron chi connectivity index (χ0n) is 13.1. The summed E-state index contributed by atoms with van der Waals surface area (Å²) in [4.78, 5) is 24.1. The molecule has 3 aromatic rings. The van der Waals surface area contributed by atoms with Crippen molar-refractivity contribution in [3.8, 4) is 0 Å². The van der Waals surface area contributed by atoms with Crippen molar-refractivity contribution in [3.05, 3.63) is 63.8 Å². The van der Waals surface area contributed by atoms with E-state index in [1.54, 1.807) is 19.1 Å². The quantitative estimate of drug-likeness (QED) is 0.660. The Morgan fingerprint density at radius 1 is 1.12 bits per heavy atom. The number of benzene rings is 2. The molecule has 5 nitrogen and oxygen atoms in total. The van der Waals surface area contributed by atoms with Gasteiger partial charge >= 0.3 is 5.97 Å². The summed E-state index contributed by atoms with van der Waals surface area (Å²) in [6.45, 7) is 1.30. The number of carbonyl (C=O) groups is 2. The Hall–Kier alpha value is -2.50. The third kappa shape index (κ3) is 3.95. The van der Waals surface area contributed by atoms with Crippen molar-refractivity contribution in [3.63, 3.8) is 0 Å². The number of rotatable bonds is 4. The first kappa shape index (κ1) is 17.3. The van der Waals surface area contributed by atoms with E-state index in [9.17, 15) is 9.59 Å². The van der Waals surface area contributed by atoms with Crippen molar-refractivity contribution >= 4 is 51.7 Å². The topological polar surface area (TPSA) is 68.5 Å². The van der Waals surface area contributed by atoms with Crippen LogP contribution in [0.25, 0.3) is 11.0 Å². The van der Waals surface area contributed by atoms with E-state index in [-0.39, 0.29) is 5.76 Å². The minimum absolute atomic E-state index is 0.0831. The number of hydrogen-bond acceptors (Lipinski definition) is 4. The molecule has 1 N–H and O–H groups in total. The third-order valence-corrected chi connectivity index (χ3v) is 3.95. The molecular formula is C18H13Cl2NO4. The SMILES string of the molecule is Cc1c(C(=O)OCC(=O)Nc2cc(Cl)cc(Cl)c2)oc2ccccc12. The van der Waals surface area contributed by atoms with Gasteiger partial charge in [0, 0.05) is 26.7 Å². The van der Waals surface area contributed by atoms with Crippen LogP contribution in [0.2, 0.25) is 10.0 Å². The Kier molecular flexibility index (Phi) is 4.97. The maximum Gasteiger partial charge on any atom is 0.375 e. The molecule has 2 aromatic carbocycles. The number of halogens is 2. The first-order valence-corrected chi connectivity index (χ1v) is 8.11. The van der Waals surface area contributed by atoms with Crippen LogP contribution in [0.15, 0.2) is 46.9 Å². The van der Waals surface area contributed by atoms with Crippen molar-refractivity contribution in [2.45, 2.75) is 6.92 Å². The largest absolute Gasteiger partial charge is 0.450 e. The van der Waals surface area contributed by atoms with Gasteiger partial charge in [0.25, 0.3) is 5.91 Å². The van der Waals surface area contributed by atoms with Crippen molar-refractivity contribution in [2.75, 3.05) is 11.9 Å². The standard InChI is InChI=1S/C18H13Cl2NO4/c1-10-14-4-2-3-5-15(14)25-17(10)18(23)24-9-16(22)21-13-7-11(19)6-12(20)8-13/h2-8H,9H2,1H3,(H,21,22). The van der Waals surface area contributed by atoms with E-state index in [1.807, 2.05) is 18.2 Å². The molecule has 1 amide bonds.